The number of benzene rings is 1. The Labute approximate surface area is 177 Å². The van der Waals surface area contributed by atoms with Crippen molar-refractivity contribution in [3.8, 4) is 22.0 Å². The molecular weight excluding hydrogens is 403 g/mol. The number of hydrogen-bond donors (Lipinski definition) is 2. The van der Waals surface area contributed by atoms with Gasteiger partial charge in [-0.1, -0.05) is 30.1 Å². The fourth-order valence-electron chi connectivity index (χ4n) is 4.15. The van der Waals surface area contributed by atoms with Crippen LogP contribution < -0.4 is 5.32 Å². The average molecular weight is 425 g/mol. The van der Waals surface area contributed by atoms with E-state index >= 15 is 0 Å². The van der Waals surface area contributed by atoms with Crippen molar-refractivity contribution in [3.05, 3.63) is 53.8 Å². The molecule has 0 aliphatic carbocycles. The number of aromatic hydroxyl groups is 1. The molecule has 2 N–H and O–H groups in total. The van der Waals surface area contributed by atoms with E-state index in [0.29, 0.717) is 33.3 Å². The number of aromatic nitrogens is 5. The van der Waals surface area contributed by atoms with Crippen molar-refractivity contribution in [1.82, 2.24) is 30.5 Å². The van der Waals surface area contributed by atoms with Gasteiger partial charge in [-0.25, -0.2) is 4.39 Å². The number of rotatable bonds is 4. The van der Waals surface area contributed by atoms with Crippen LogP contribution in [0.25, 0.3) is 21.8 Å². The van der Waals surface area contributed by atoms with Crippen molar-refractivity contribution in [2.45, 2.75) is 38.0 Å². The van der Waals surface area contributed by atoms with Crippen LogP contribution in [0.15, 0.2) is 43.1 Å². The highest BCUT2D eigenvalue weighted by Crippen LogP contribution is 2.43. The Morgan fingerprint density at radius 3 is 2.97 bits per heavy atom. The molecule has 30 heavy (non-hydrogen) atoms. The van der Waals surface area contributed by atoms with Gasteiger partial charge in [-0.05, 0) is 38.0 Å². The monoisotopic (exact) mass is 424 g/mol. The number of nitrogens with zero attached hydrogens (tertiary/aromatic N) is 5. The van der Waals surface area contributed by atoms with Gasteiger partial charge < -0.3 is 5.11 Å². The summed E-state index contributed by atoms with van der Waals surface area (Å²) in [5, 5.41) is 31.8. The highest BCUT2D eigenvalue weighted by atomic mass is 32.1. The summed E-state index contributed by atoms with van der Waals surface area (Å²) in [5.41, 5.74) is 2.41. The number of hydrogen-bond acceptors (Lipinski definition) is 7. The van der Waals surface area contributed by atoms with Gasteiger partial charge in [0.25, 0.3) is 0 Å². The molecule has 2 bridgehead atoms. The second-order valence-electron chi connectivity index (χ2n) is 8.12. The smallest absolute Gasteiger partial charge is 0.151 e. The van der Waals surface area contributed by atoms with Crippen LogP contribution in [0, 0.1) is 12.8 Å². The van der Waals surface area contributed by atoms with Crippen molar-refractivity contribution < 1.29 is 9.50 Å². The quantitative estimate of drug-likeness (QED) is 0.624. The van der Waals surface area contributed by atoms with E-state index in [1.807, 2.05) is 19.1 Å². The van der Waals surface area contributed by atoms with E-state index in [1.165, 1.54) is 16.1 Å². The standard InChI is InChI=1S/C21H21FN6OS/c1-11-10-23-28(27-11)13-4-5-14(17(29)8-13)20-26-25-19(30-20)12(2)15-9-21(3)7-6-16(24-21)18(15)22/h4-8,10,15-16,18,24,29H,2,9H2,1,3H3/t15-,16-,18-,21+/m1/s1. The third kappa shape index (κ3) is 3.14. The summed E-state index contributed by atoms with van der Waals surface area (Å²) >= 11 is 1.30. The van der Waals surface area contributed by atoms with Crippen LogP contribution in [0.1, 0.15) is 24.0 Å². The minimum Gasteiger partial charge on any atom is -0.507 e. The molecule has 4 atom stereocenters. The second-order valence-corrected chi connectivity index (χ2v) is 9.09. The first-order chi connectivity index (χ1) is 14.3. The molecule has 1 fully saturated rings. The molecule has 9 heteroatoms. The number of phenolic OH excluding ortho intramolecular Hbond substituents is 1. The van der Waals surface area contributed by atoms with Gasteiger partial charge in [0.15, 0.2) is 5.01 Å². The molecule has 0 unspecified atom stereocenters. The number of allylic oxidation sites excluding steroid dienone is 1. The van der Waals surface area contributed by atoms with Gasteiger partial charge in [-0.3, -0.25) is 5.32 Å². The molecule has 1 aromatic carbocycles. The SMILES string of the molecule is C=C(c1nnc(-c2ccc(-n3ncc(C)n3)cc2O)s1)[C@H]1C[C@]2(C)C=C[C@@H](N2)[C@@H]1F. The van der Waals surface area contributed by atoms with Gasteiger partial charge >= 0.3 is 0 Å². The summed E-state index contributed by atoms with van der Waals surface area (Å²) in [7, 11) is 0. The van der Waals surface area contributed by atoms with E-state index in [4.69, 9.17) is 0 Å². The van der Waals surface area contributed by atoms with E-state index in [-0.39, 0.29) is 23.2 Å². The van der Waals surface area contributed by atoms with Gasteiger partial charge in [-0.2, -0.15) is 15.0 Å². The lowest BCUT2D eigenvalue weighted by Gasteiger charge is -2.39. The number of aryl methyl sites for hydroxylation is 1. The third-order valence-corrected chi connectivity index (χ3v) is 6.77. The van der Waals surface area contributed by atoms with Gasteiger partial charge in [0.05, 0.1) is 29.2 Å². The fraction of sp³-hybridized carbons (Fsp3) is 0.333. The minimum absolute atomic E-state index is 0.0516. The van der Waals surface area contributed by atoms with Crippen molar-refractivity contribution in [1.29, 1.82) is 0 Å². The van der Waals surface area contributed by atoms with E-state index in [2.05, 4.69) is 39.2 Å². The molecule has 4 heterocycles. The van der Waals surface area contributed by atoms with Crippen LogP contribution in [0.2, 0.25) is 0 Å². The Balaban J connectivity index is 1.40. The summed E-state index contributed by atoms with van der Waals surface area (Å²) in [6.07, 6.45) is 5.15. The van der Waals surface area contributed by atoms with Crippen molar-refractivity contribution in [2.75, 3.05) is 0 Å². The van der Waals surface area contributed by atoms with Gasteiger partial charge in [-0.15, -0.1) is 10.2 Å². The number of alkyl halides is 1. The minimum atomic E-state index is -1.06. The Hall–Kier alpha value is -2.91. The highest BCUT2D eigenvalue weighted by molar-refractivity contribution is 7.15. The summed E-state index contributed by atoms with van der Waals surface area (Å²) in [4.78, 5) is 1.45. The average Bonchev–Trinajstić information content (AvgIpc) is 3.44. The van der Waals surface area contributed by atoms with Crippen molar-refractivity contribution in [3.63, 3.8) is 0 Å². The lowest BCUT2D eigenvalue weighted by molar-refractivity contribution is 0.146. The third-order valence-electron chi connectivity index (χ3n) is 5.74. The zero-order valence-corrected chi connectivity index (χ0v) is 17.4. The Bertz CT molecular complexity index is 1170. The molecule has 154 valence electrons. The Morgan fingerprint density at radius 2 is 2.23 bits per heavy atom. The lowest BCUT2D eigenvalue weighted by atomic mass is 9.79. The number of fused-ring (bicyclic) bond motifs is 2. The van der Waals surface area contributed by atoms with Crippen LogP contribution in [0.3, 0.4) is 0 Å². The topological polar surface area (TPSA) is 88.8 Å². The number of piperidine rings is 1. The van der Waals surface area contributed by atoms with Crippen LogP contribution in [0.4, 0.5) is 4.39 Å². The number of phenols is 1. The molecule has 2 aliphatic rings. The molecule has 1 saturated heterocycles. The van der Waals surface area contributed by atoms with Crippen LogP contribution in [-0.2, 0) is 0 Å². The van der Waals surface area contributed by atoms with Crippen LogP contribution in [-0.4, -0.2) is 48.1 Å². The molecule has 3 aromatic rings. The molecule has 0 spiro atoms. The Morgan fingerprint density at radius 1 is 1.40 bits per heavy atom. The lowest BCUT2D eigenvalue weighted by Crippen LogP contribution is -2.54. The van der Waals surface area contributed by atoms with Crippen LogP contribution in [0.5, 0.6) is 5.75 Å². The molecule has 5 rings (SSSR count). The summed E-state index contributed by atoms with van der Waals surface area (Å²) in [6, 6.07) is 4.84. The van der Waals surface area contributed by atoms with Gasteiger partial charge in [0.1, 0.15) is 16.9 Å². The molecule has 0 saturated carbocycles. The first-order valence-corrected chi connectivity index (χ1v) is 10.5. The Kier molecular flexibility index (Phi) is 4.33. The maximum Gasteiger partial charge on any atom is 0.151 e. The summed E-state index contributed by atoms with van der Waals surface area (Å²) in [5.74, 6) is -0.280. The highest BCUT2D eigenvalue weighted by Gasteiger charge is 2.46. The molecule has 7 nitrogen and oxygen atoms in total. The molecule has 2 aromatic heterocycles. The van der Waals surface area contributed by atoms with Gasteiger partial charge in [0, 0.05) is 17.5 Å². The zero-order chi connectivity index (χ0) is 21.0. The normalized spacial score (nSPS) is 27.5. The van der Waals surface area contributed by atoms with E-state index in [9.17, 15) is 9.50 Å². The van der Waals surface area contributed by atoms with Gasteiger partial charge in [0.2, 0.25) is 0 Å². The first kappa shape index (κ1) is 19.1. The second kappa shape index (κ2) is 6.82. The largest absolute Gasteiger partial charge is 0.507 e. The fourth-order valence-corrected chi connectivity index (χ4v) is 5.06. The first-order valence-electron chi connectivity index (χ1n) is 9.69. The molecule has 0 radical (unpaired) electrons. The molecule has 0 amide bonds. The van der Waals surface area contributed by atoms with E-state index in [1.54, 1.807) is 24.4 Å². The summed E-state index contributed by atoms with van der Waals surface area (Å²) in [6.45, 7) is 8.06. The number of nitrogens with one attached hydrogen (secondary N) is 1. The predicted molar refractivity (Wildman–Crippen MR) is 113 cm³/mol. The number of halogens is 1. The molecule has 2 aliphatic heterocycles. The molecular formula is C21H21FN6OS. The van der Waals surface area contributed by atoms with Crippen LogP contribution >= 0.6 is 11.3 Å². The summed E-state index contributed by atoms with van der Waals surface area (Å²) < 4.78 is 15.0. The maximum absolute atomic E-state index is 15.0. The van der Waals surface area contributed by atoms with E-state index in [0.717, 1.165) is 5.69 Å². The van der Waals surface area contributed by atoms with E-state index < -0.39 is 6.17 Å². The maximum atomic E-state index is 15.0. The predicted octanol–water partition coefficient (Wildman–Crippen LogP) is 3.46. The van der Waals surface area contributed by atoms with Crippen molar-refractivity contribution in [2.24, 2.45) is 5.92 Å². The zero-order valence-electron chi connectivity index (χ0n) is 16.6. The van der Waals surface area contributed by atoms with Crippen molar-refractivity contribution >= 4 is 16.9 Å².